The molecule has 1 fully saturated rings. The highest BCUT2D eigenvalue weighted by atomic mass is 35.5. The number of morpholine rings is 1. The molecular formula is C23H26ClN3O3S. The van der Waals surface area contributed by atoms with Crippen LogP contribution in [0, 0.1) is 6.92 Å². The molecule has 0 spiro atoms. The van der Waals surface area contributed by atoms with E-state index in [1.165, 1.54) is 11.3 Å². The zero-order valence-corrected chi connectivity index (χ0v) is 19.3. The van der Waals surface area contributed by atoms with Crippen molar-refractivity contribution in [1.29, 1.82) is 0 Å². The number of aryl methyl sites for hydroxylation is 1. The number of aromatic nitrogens is 1. The Morgan fingerprint density at radius 2 is 2.10 bits per heavy atom. The first-order valence-corrected chi connectivity index (χ1v) is 11.6. The predicted octanol–water partition coefficient (Wildman–Crippen LogP) is 4.64. The fourth-order valence-corrected chi connectivity index (χ4v) is 5.18. The number of methoxy groups -OCH3 is 1. The van der Waals surface area contributed by atoms with Gasteiger partial charge in [0, 0.05) is 36.8 Å². The van der Waals surface area contributed by atoms with Crippen molar-refractivity contribution in [2.45, 2.75) is 13.3 Å². The fourth-order valence-electron chi connectivity index (χ4n) is 3.73. The molecule has 0 atom stereocenters. The van der Waals surface area contributed by atoms with Crippen LogP contribution in [-0.4, -0.2) is 62.3 Å². The number of fused-ring (bicyclic) bond motifs is 1. The van der Waals surface area contributed by atoms with Gasteiger partial charge in [-0.05, 0) is 49.2 Å². The SMILES string of the molecule is COc1cccc(C(=O)N(CCCN2CCOCC2)c2nc3c(C)cc(Cl)cc3s2)c1. The number of ether oxygens (including phenoxy) is 2. The van der Waals surface area contributed by atoms with E-state index in [4.69, 9.17) is 26.1 Å². The molecule has 4 rings (SSSR count). The number of nitrogens with zero attached hydrogens (tertiary/aromatic N) is 3. The molecule has 1 aromatic heterocycles. The largest absolute Gasteiger partial charge is 0.497 e. The Bertz CT molecular complexity index is 1070. The van der Waals surface area contributed by atoms with E-state index in [0.717, 1.165) is 55.0 Å². The molecule has 0 radical (unpaired) electrons. The monoisotopic (exact) mass is 459 g/mol. The van der Waals surface area contributed by atoms with Crippen LogP contribution < -0.4 is 9.64 Å². The topological polar surface area (TPSA) is 54.9 Å². The summed E-state index contributed by atoms with van der Waals surface area (Å²) in [5.74, 6) is 0.578. The van der Waals surface area contributed by atoms with E-state index in [1.807, 2.05) is 37.3 Å². The van der Waals surface area contributed by atoms with Crippen molar-refractivity contribution in [2.24, 2.45) is 0 Å². The van der Waals surface area contributed by atoms with E-state index in [0.29, 0.717) is 28.0 Å². The van der Waals surface area contributed by atoms with Gasteiger partial charge in [-0.3, -0.25) is 14.6 Å². The molecule has 164 valence electrons. The van der Waals surface area contributed by atoms with E-state index in [1.54, 1.807) is 18.1 Å². The number of benzene rings is 2. The Balaban J connectivity index is 1.61. The first kappa shape index (κ1) is 22.0. The summed E-state index contributed by atoms with van der Waals surface area (Å²) >= 11 is 7.74. The normalized spacial score (nSPS) is 14.7. The molecule has 2 heterocycles. The van der Waals surface area contributed by atoms with Crippen LogP contribution >= 0.6 is 22.9 Å². The fraction of sp³-hybridized carbons (Fsp3) is 0.391. The van der Waals surface area contributed by atoms with Crippen LogP contribution in [0.3, 0.4) is 0 Å². The van der Waals surface area contributed by atoms with Gasteiger partial charge in [0.1, 0.15) is 5.75 Å². The number of amides is 1. The quantitative estimate of drug-likeness (QED) is 0.515. The zero-order chi connectivity index (χ0) is 21.8. The molecule has 0 aliphatic carbocycles. The van der Waals surface area contributed by atoms with Gasteiger partial charge in [0.15, 0.2) is 5.13 Å². The van der Waals surface area contributed by atoms with Crippen LogP contribution in [0.1, 0.15) is 22.3 Å². The Morgan fingerprint density at radius 1 is 1.29 bits per heavy atom. The molecular weight excluding hydrogens is 434 g/mol. The summed E-state index contributed by atoms with van der Waals surface area (Å²) in [6, 6.07) is 11.1. The van der Waals surface area contributed by atoms with Crippen molar-refractivity contribution in [2.75, 3.05) is 51.4 Å². The summed E-state index contributed by atoms with van der Waals surface area (Å²) in [6.07, 6.45) is 0.853. The highest BCUT2D eigenvalue weighted by Crippen LogP contribution is 2.34. The highest BCUT2D eigenvalue weighted by Gasteiger charge is 2.23. The van der Waals surface area contributed by atoms with E-state index in [-0.39, 0.29) is 5.91 Å². The van der Waals surface area contributed by atoms with Gasteiger partial charge in [0.25, 0.3) is 5.91 Å². The predicted molar refractivity (Wildman–Crippen MR) is 126 cm³/mol. The molecule has 6 nitrogen and oxygen atoms in total. The maximum absolute atomic E-state index is 13.5. The number of thiazole rings is 1. The van der Waals surface area contributed by atoms with Crippen LogP contribution in [0.25, 0.3) is 10.2 Å². The van der Waals surface area contributed by atoms with Crippen molar-refractivity contribution in [1.82, 2.24) is 9.88 Å². The van der Waals surface area contributed by atoms with Gasteiger partial charge in [-0.15, -0.1) is 0 Å². The lowest BCUT2D eigenvalue weighted by molar-refractivity contribution is 0.0376. The van der Waals surface area contributed by atoms with Crippen molar-refractivity contribution in [3.63, 3.8) is 0 Å². The van der Waals surface area contributed by atoms with Gasteiger partial charge < -0.3 is 9.47 Å². The lowest BCUT2D eigenvalue weighted by Crippen LogP contribution is -2.39. The van der Waals surface area contributed by atoms with Crippen LogP contribution in [0.4, 0.5) is 5.13 Å². The number of hydrogen-bond donors (Lipinski definition) is 0. The molecule has 0 N–H and O–H groups in total. The zero-order valence-electron chi connectivity index (χ0n) is 17.8. The molecule has 3 aromatic rings. The summed E-state index contributed by atoms with van der Waals surface area (Å²) in [7, 11) is 1.60. The third kappa shape index (κ3) is 5.18. The van der Waals surface area contributed by atoms with E-state index < -0.39 is 0 Å². The minimum atomic E-state index is -0.0799. The van der Waals surface area contributed by atoms with Gasteiger partial charge in [-0.25, -0.2) is 4.98 Å². The van der Waals surface area contributed by atoms with Gasteiger partial charge >= 0.3 is 0 Å². The average Bonchev–Trinajstić information content (AvgIpc) is 3.21. The van der Waals surface area contributed by atoms with Gasteiger partial charge in [0.05, 0.1) is 30.5 Å². The number of carbonyl (C=O) groups excluding carboxylic acids is 1. The smallest absolute Gasteiger partial charge is 0.260 e. The van der Waals surface area contributed by atoms with Gasteiger partial charge in [-0.2, -0.15) is 0 Å². The van der Waals surface area contributed by atoms with Crippen molar-refractivity contribution < 1.29 is 14.3 Å². The minimum absolute atomic E-state index is 0.0799. The molecule has 31 heavy (non-hydrogen) atoms. The Kier molecular flexibility index (Phi) is 7.07. The van der Waals surface area contributed by atoms with Crippen molar-refractivity contribution in [3.05, 3.63) is 52.5 Å². The molecule has 1 amide bonds. The number of hydrogen-bond acceptors (Lipinski definition) is 6. The molecule has 1 aliphatic rings. The number of halogens is 1. The molecule has 0 bridgehead atoms. The maximum Gasteiger partial charge on any atom is 0.260 e. The summed E-state index contributed by atoms with van der Waals surface area (Å²) < 4.78 is 11.7. The maximum atomic E-state index is 13.5. The Labute approximate surface area is 191 Å². The van der Waals surface area contributed by atoms with E-state index in [9.17, 15) is 4.79 Å². The molecule has 1 aliphatic heterocycles. The minimum Gasteiger partial charge on any atom is -0.497 e. The molecule has 1 saturated heterocycles. The van der Waals surface area contributed by atoms with Gasteiger partial charge in [-0.1, -0.05) is 29.0 Å². The molecule has 0 unspecified atom stereocenters. The summed E-state index contributed by atoms with van der Waals surface area (Å²) in [5, 5.41) is 1.37. The second-order valence-electron chi connectivity index (χ2n) is 7.56. The second-order valence-corrected chi connectivity index (χ2v) is 9.01. The lowest BCUT2D eigenvalue weighted by Gasteiger charge is -2.27. The number of rotatable bonds is 7. The van der Waals surface area contributed by atoms with E-state index >= 15 is 0 Å². The molecule has 2 aromatic carbocycles. The van der Waals surface area contributed by atoms with Crippen molar-refractivity contribution in [3.8, 4) is 5.75 Å². The van der Waals surface area contributed by atoms with Gasteiger partial charge in [0.2, 0.25) is 0 Å². The summed E-state index contributed by atoms with van der Waals surface area (Å²) in [6.45, 7) is 6.89. The number of carbonyl (C=O) groups is 1. The Morgan fingerprint density at radius 3 is 2.87 bits per heavy atom. The average molecular weight is 460 g/mol. The van der Waals surface area contributed by atoms with E-state index in [2.05, 4.69) is 4.90 Å². The second kappa shape index (κ2) is 9.96. The van der Waals surface area contributed by atoms with Crippen LogP contribution in [0.2, 0.25) is 5.02 Å². The third-order valence-corrected chi connectivity index (χ3v) is 6.64. The highest BCUT2D eigenvalue weighted by molar-refractivity contribution is 7.22. The van der Waals surface area contributed by atoms with Crippen LogP contribution in [0.15, 0.2) is 36.4 Å². The first-order valence-electron chi connectivity index (χ1n) is 10.4. The number of anilines is 1. The Hall–Kier alpha value is -2.19. The standard InChI is InChI=1S/C23H26ClN3O3S/c1-16-13-18(24)15-20-21(16)25-23(31-20)27(8-4-7-26-9-11-30-12-10-26)22(28)17-5-3-6-19(14-17)29-2/h3,5-6,13-15H,4,7-12H2,1-2H3. The third-order valence-electron chi connectivity index (χ3n) is 5.39. The lowest BCUT2D eigenvalue weighted by atomic mass is 10.2. The summed E-state index contributed by atoms with van der Waals surface area (Å²) in [5.41, 5.74) is 2.48. The van der Waals surface area contributed by atoms with Crippen molar-refractivity contribution >= 4 is 44.2 Å². The molecule has 0 saturated carbocycles. The first-order chi connectivity index (χ1) is 15.0. The summed E-state index contributed by atoms with van der Waals surface area (Å²) in [4.78, 5) is 22.5. The molecule has 8 heteroatoms. The van der Waals surface area contributed by atoms with Crippen LogP contribution in [0.5, 0.6) is 5.75 Å². The van der Waals surface area contributed by atoms with Crippen LogP contribution in [-0.2, 0) is 4.74 Å².